The summed E-state index contributed by atoms with van der Waals surface area (Å²) >= 11 is 0. The maximum absolute atomic E-state index is 12.8. The molecule has 1 amide bonds. The smallest absolute Gasteiger partial charge is 0.295 e. The van der Waals surface area contributed by atoms with E-state index in [0.29, 0.717) is 55.6 Å². The van der Waals surface area contributed by atoms with Gasteiger partial charge >= 0.3 is 0 Å². The second-order valence-corrected chi connectivity index (χ2v) is 6.71. The first kappa shape index (κ1) is 19.1. The van der Waals surface area contributed by atoms with Crippen LogP contribution in [0.2, 0.25) is 0 Å². The lowest BCUT2D eigenvalue weighted by Gasteiger charge is -2.23. The molecule has 0 aliphatic carbocycles. The fraction of sp³-hybridized carbons (Fsp3) is 0.333. The summed E-state index contributed by atoms with van der Waals surface area (Å²) < 4.78 is 21.6. The first-order chi connectivity index (χ1) is 14.1. The third kappa shape index (κ3) is 3.47. The Balaban J connectivity index is 1.77. The van der Waals surface area contributed by atoms with Crippen LogP contribution in [-0.4, -0.2) is 55.2 Å². The zero-order valence-corrected chi connectivity index (χ0v) is 15.9. The number of fused-ring (bicyclic) bond motifs is 1. The van der Waals surface area contributed by atoms with Crippen molar-refractivity contribution in [1.82, 2.24) is 4.90 Å². The largest absolute Gasteiger partial charge is 0.507 e. The maximum atomic E-state index is 12.8. The van der Waals surface area contributed by atoms with Crippen LogP contribution in [-0.2, 0) is 14.3 Å². The van der Waals surface area contributed by atoms with E-state index in [2.05, 4.69) is 0 Å². The fourth-order valence-corrected chi connectivity index (χ4v) is 3.58. The summed E-state index contributed by atoms with van der Waals surface area (Å²) in [5.41, 5.74) is 0.347. The minimum atomic E-state index is -0.810. The highest BCUT2D eigenvalue weighted by atomic mass is 16.6. The van der Waals surface area contributed by atoms with Crippen LogP contribution >= 0.6 is 0 Å². The van der Waals surface area contributed by atoms with Crippen LogP contribution in [0.25, 0.3) is 5.76 Å². The average Bonchev–Trinajstić information content (AvgIpc) is 3.35. The van der Waals surface area contributed by atoms with E-state index in [1.165, 1.54) is 11.2 Å². The van der Waals surface area contributed by atoms with Gasteiger partial charge in [-0.1, -0.05) is 0 Å². The van der Waals surface area contributed by atoms with E-state index < -0.39 is 17.7 Å². The Morgan fingerprint density at radius 3 is 2.72 bits per heavy atom. The lowest BCUT2D eigenvalue weighted by molar-refractivity contribution is -0.140. The lowest BCUT2D eigenvalue weighted by Crippen LogP contribution is -2.31. The molecule has 0 spiro atoms. The predicted octanol–water partition coefficient (Wildman–Crippen LogP) is 2.51. The second-order valence-electron chi connectivity index (χ2n) is 6.71. The number of hydrogen-bond acceptors (Lipinski definition) is 7. The van der Waals surface area contributed by atoms with Gasteiger partial charge in [-0.3, -0.25) is 9.59 Å². The molecule has 1 aromatic heterocycles. The van der Waals surface area contributed by atoms with E-state index >= 15 is 0 Å². The van der Waals surface area contributed by atoms with Crippen molar-refractivity contribution in [1.29, 1.82) is 0 Å². The summed E-state index contributed by atoms with van der Waals surface area (Å²) in [4.78, 5) is 26.9. The van der Waals surface area contributed by atoms with Crippen LogP contribution in [0.4, 0.5) is 0 Å². The normalized spacial score (nSPS) is 20.3. The molecule has 1 atom stereocenters. The number of aliphatic hydroxyl groups excluding tert-OH is 1. The molecule has 2 aliphatic rings. The number of benzene rings is 1. The van der Waals surface area contributed by atoms with Crippen LogP contribution in [0, 0.1) is 0 Å². The van der Waals surface area contributed by atoms with Gasteiger partial charge in [0.2, 0.25) is 0 Å². The Morgan fingerprint density at radius 1 is 1.21 bits per heavy atom. The molecule has 0 radical (unpaired) electrons. The second kappa shape index (κ2) is 8.00. The van der Waals surface area contributed by atoms with Gasteiger partial charge in [0.1, 0.15) is 30.8 Å². The number of hydrogen-bond donors (Lipinski definition) is 1. The minimum absolute atomic E-state index is 0.0148. The number of amides is 1. The van der Waals surface area contributed by atoms with Crippen molar-refractivity contribution in [2.75, 3.05) is 33.5 Å². The Bertz CT molecular complexity index is 948. The van der Waals surface area contributed by atoms with Crippen molar-refractivity contribution >= 4 is 17.4 Å². The average molecular weight is 399 g/mol. The van der Waals surface area contributed by atoms with Crippen LogP contribution in [0.1, 0.15) is 23.8 Å². The number of ketones is 1. The predicted molar refractivity (Wildman–Crippen MR) is 102 cm³/mol. The summed E-state index contributed by atoms with van der Waals surface area (Å²) in [6.45, 7) is 1.58. The molecule has 1 fully saturated rings. The molecule has 8 nitrogen and oxygen atoms in total. The van der Waals surface area contributed by atoms with Crippen molar-refractivity contribution < 1.29 is 33.3 Å². The SMILES string of the molecule is COCCCN1C(=O)C(=O)/C(=C(\O)c2ccc3c(c2)OCCO3)C1c1ccco1. The number of methoxy groups -OCH3 is 1. The zero-order chi connectivity index (χ0) is 20.4. The highest BCUT2D eigenvalue weighted by Crippen LogP contribution is 2.41. The van der Waals surface area contributed by atoms with E-state index in [1.54, 1.807) is 37.4 Å². The Morgan fingerprint density at radius 2 is 2.00 bits per heavy atom. The molecule has 0 bridgehead atoms. The third-order valence-corrected chi connectivity index (χ3v) is 4.92. The van der Waals surface area contributed by atoms with Gasteiger partial charge in [0.25, 0.3) is 11.7 Å². The molecule has 29 heavy (non-hydrogen) atoms. The topological polar surface area (TPSA) is 98.4 Å². The summed E-state index contributed by atoms with van der Waals surface area (Å²) in [6, 6.07) is 7.43. The molecule has 8 heteroatoms. The number of rotatable bonds is 6. The van der Waals surface area contributed by atoms with Gasteiger partial charge in [-0.05, 0) is 36.8 Å². The van der Waals surface area contributed by atoms with Crippen molar-refractivity contribution in [3.63, 3.8) is 0 Å². The van der Waals surface area contributed by atoms with Crippen LogP contribution in [0.3, 0.4) is 0 Å². The summed E-state index contributed by atoms with van der Waals surface area (Å²) in [5, 5.41) is 11.0. The highest BCUT2D eigenvalue weighted by Gasteiger charge is 2.47. The monoisotopic (exact) mass is 399 g/mol. The number of carbonyl (C=O) groups excluding carboxylic acids is 2. The van der Waals surface area contributed by atoms with Crippen molar-refractivity contribution in [3.8, 4) is 11.5 Å². The van der Waals surface area contributed by atoms with E-state index in [9.17, 15) is 14.7 Å². The first-order valence-corrected chi connectivity index (χ1v) is 9.32. The van der Waals surface area contributed by atoms with Crippen molar-refractivity contribution in [3.05, 3.63) is 53.5 Å². The molecule has 3 heterocycles. The zero-order valence-electron chi connectivity index (χ0n) is 15.9. The van der Waals surface area contributed by atoms with Gasteiger partial charge in [0.15, 0.2) is 11.5 Å². The van der Waals surface area contributed by atoms with Crippen molar-refractivity contribution in [2.45, 2.75) is 12.5 Å². The fourth-order valence-electron chi connectivity index (χ4n) is 3.58. The summed E-state index contributed by atoms with van der Waals surface area (Å²) in [5.74, 6) is -0.269. The first-order valence-electron chi connectivity index (χ1n) is 9.32. The van der Waals surface area contributed by atoms with Crippen molar-refractivity contribution in [2.24, 2.45) is 0 Å². The van der Waals surface area contributed by atoms with Gasteiger partial charge in [-0.25, -0.2) is 0 Å². The Kier molecular flexibility index (Phi) is 5.26. The molecule has 1 aromatic carbocycles. The molecule has 2 aromatic rings. The molecule has 152 valence electrons. The number of furan rings is 1. The quantitative estimate of drug-likeness (QED) is 0.345. The maximum Gasteiger partial charge on any atom is 0.295 e. The molecular weight excluding hydrogens is 378 g/mol. The molecule has 4 rings (SSSR count). The van der Waals surface area contributed by atoms with E-state index in [0.717, 1.165) is 0 Å². The molecular formula is C21H21NO7. The van der Waals surface area contributed by atoms with Crippen LogP contribution in [0.15, 0.2) is 46.6 Å². The lowest BCUT2D eigenvalue weighted by atomic mass is 9.99. The number of aliphatic hydroxyl groups is 1. The molecule has 0 saturated carbocycles. The van der Waals surface area contributed by atoms with Crippen LogP contribution < -0.4 is 9.47 Å². The van der Waals surface area contributed by atoms with Gasteiger partial charge in [0.05, 0.1) is 11.8 Å². The third-order valence-electron chi connectivity index (χ3n) is 4.92. The molecule has 2 aliphatic heterocycles. The van der Waals surface area contributed by atoms with E-state index in [-0.39, 0.29) is 11.3 Å². The van der Waals surface area contributed by atoms with E-state index in [1.807, 2.05) is 0 Å². The number of carbonyl (C=O) groups is 2. The number of Topliss-reactive ketones (excluding diaryl/α,β-unsaturated/α-hetero) is 1. The molecule has 1 N–H and O–H groups in total. The summed E-state index contributed by atoms with van der Waals surface area (Å²) in [6.07, 6.45) is 2.01. The van der Waals surface area contributed by atoms with Gasteiger partial charge in [-0.15, -0.1) is 0 Å². The molecule has 1 saturated heterocycles. The Hall–Kier alpha value is -3.26. The number of nitrogens with zero attached hydrogens (tertiary/aromatic N) is 1. The highest BCUT2D eigenvalue weighted by molar-refractivity contribution is 6.46. The van der Waals surface area contributed by atoms with Crippen LogP contribution in [0.5, 0.6) is 11.5 Å². The van der Waals surface area contributed by atoms with E-state index in [4.69, 9.17) is 18.6 Å². The standard InChI is InChI=1S/C21H21NO7/c1-26-8-3-7-22-18(15-4-2-9-27-15)17(20(24)21(22)25)19(23)13-5-6-14-16(12-13)29-11-10-28-14/h2,4-6,9,12,18,23H,3,7-8,10-11H2,1H3/b19-17-. The summed E-state index contributed by atoms with van der Waals surface area (Å²) in [7, 11) is 1.57. The van der Waals surface area contributed by atoms with Gasteiger partial charge < -0.3 is 28.6 Å². The number of ether oxygens (including phenoxy) is 3. The molecule has 1 unspecified atom stereocenters. The van der Waals surface area contributed by atoms with Gasteiger partial charge in [0, 0.05) is 25.8 Å². The Labute approximate surface area is 167 Å². The number of likely N-dealkylation sites (tertiary alicyclic amines) is 1. The van der Waals surface area contributed by atoms with Gasteiger partial charge in [-0.2, -0.15) is 0 Å². The minimum Gasteiger partial charge on any atom is -0.507 e.